The Morgan fingerprint density at radius 2 is 1.92 bits per heavy atom. The number of hydrogen-bond donors (Lipinski definition) is 1. The highest BCUT2D eigenvalue weighted by Gasteiger charge is 2.24. The number of nitrogens with zero attached hydrogens (tertiary/aromatic N) is 2. The number of carbonyl (C=O) groups excluding carboxylic acids is 2. The Hall–Kier alpha value is -2.41. The number of guanidine groups is 1. The second-order valence-corrected chi connectivity index (χ2v) is 11.2. The highest BCUT2D eigenvalue weighted by Crippen LogP contribution is 2.21. The third-order valence-electron chi connectivity index (χ3n) is 6.39. The van der Waals surface area contributed by atoms with Gasteiger partial charge in [-0.1, -0.05) is 38.8 Å². The molecule has 0 radical (unpaired) electrons. The molecule has 2 rings (SSSR count). The Labute approximate surface area is 218 Å². The number of hydrogen-bond acceptors (Lipinski definition) is 5. The molecule has 1 aromatic carbocycles. The van der Waals surface area contributed by atoms with Gasteiger partial charge in [0, 0.05) is 26.3 Å². The van der Waals surface area contributed by atoms with Gasteiger partial charge in [-0.05, 0) is 88.8 Å². The molecule has 36 heavy (non-hydrogen) atoms. The summed E-state index contributed by atoms with van der Waals surface area (Å²) in [4.78, 5) is 32.3. The predicted molar refractivity (Wildman–Crippen MR) is 146 cm³/mol. The first-order valence-corrected chi connectivity index (χ1v) is 13.5. The van der Waals surface area contributed by atoms with Crippen LogP contribution in [0.4, 0.5) is 4.79 Å². The van der Waals surface area contributed by atoms with E-state index in [-0.39, 0.29) is 18.0 Å². The predicted octanol–water partition coefficient (Wildman–Crippen LogP) is 6.14. The second-order valence-electron chi connectivity index (χ2n) is 11.2. The van der Waals surface area contributed by atoms with E-state index in [0.29, 0.717) is 18.0 Å². The molecule has 1 heterocycles. The van der Waals surface area contributed by atoms with E-state index in [1.807, 2.05) is 6.07 Å². The van der Waals surface area contributed by atoms with Gasteiger partial charge in [-0.3, -0.25) is 20.0 Å². The van der Waals surface area contributed by atoms with Crippen molar-refractivity contribution in [3.63, 3.8) is 0 Å². The van der Waals surface area contributed by atoms with Gasteiger partial charge in [0.05, 0.1) is 6.10 Å². The van der Waals surface area contributed by atoms with Gasteiger partial charge in [0.25, 0.3) is 5.91 Å². The fourth-order valence-electron chi connectivity index (χ4n) is 4.38. The maximum atomic E-state index is 13.7. The Morgan fingerprint density at radius 1 is 1.19 bits per heavy atom. The second kappa shape index (κ2) is 14.4. The number of carbonyl (C=O) groups is 2. The third-order valence-corrected chi connectivity index (χ3v) is 6.39. The lowest BCUT2D eigenvalue weighted by Gasteiger charge is -2.25. The van der Waals surface area contributed by atoms with E-state index in [4.69, 9.17) is 9.47 Å². The Bertz CT molecular complexity index is 889. The van der Waals surface area contributed by atoms with Crippen molar-refractivity contribution in [1.29, 1.82) is 0 Å². The number of nitrogens with one attached hydrogen (secondary N) is 1. The first kappa shape index (κ1) is 29.8. The molecule has 7 nitrogen and oxygen atoms in total. The van der Waals surface area contributed by atoms with Crippen molar-refractivity contribution in [2.75, 3.05) is 20.7 Å². The lowest BCUT2D eigenvalue weighted by atomic mass is 9.94. The number of ether oxygens (including phenoxy) is 2. The molecule has 0 fully saturated rings. The molecule has 1 unspecified atom stereocenters. The summed E-state index contributed by atoms with van der Waals surface area (Å²) in [7, 11) is 3.42. The van der Waals surface area contributed by atoms with Crippen LogP contribution in [-0.2, 0) is 22.3 Å². The molecule has 7 heteroatoms. The van der Waals surface area contributed by atoms with Crippen molar-refractivity contribution >= 4 is 18.0 Å². The molecular formula is C29H47N3O4. The smallest absolute Gasteiger partial charge is 0.414 e. The SMILES string of the molecule is COC1CCCCc2ccc(CCCC(C)C)cc2C(=O)N(C)C(NC(=O)OC(C)(C)C)=NCCC1. The highest BCUT2D eigenvalue weighted by molar-refractivity contribution is 6.09. The van der Waals surface area contributed by atoms with E-state index >= 15 is 0 Å². The summed E-state index contributed by atoms with van der Waals surface area (Å²) in [6, 6.07) is 6.29. The van der Waals surface area contributed by atoms with E-state index in [1.165, 1.54) is 4.90 Å². The molecule has 0 bridgehead atoms. The summed E-state index contributed by atoms with van der Waals surface area (Å²) in [6.45, 7) is 10.4. The number of aryl methyl sites for hydroxylation is 2. The van der Waals surface area contributed by atoms with Crippen molar-refractivity contribution in [2.24, 2.45) is 10.9 Å². The van der Waals surface area contributed by atoms with E-state index in [0.717, 1.165) is 68.9 Å². The summed E-state index contributed by atoms with van der Waals surface area (Å²) >= 11 is 0. The average Bonchev–Trinajstić information content (AvgIpc) is 2.79. The zero-order valence-corrected chi connectivity index (χ0v) is 23.5. The average molecular weight is 502 g/mol. The maximum absolute atomic E-state index is 13.7. The van der Waals surface area contributed by atoms with Gasteiger partial charge in [0.15, 0.2) is 0 Å². The molecule has 1 aliphatic heterocycles. The number of benzene rings is 1. The summed E-state index contributed by atoms with van der Waals surface area (Å²) < 4.78 is 11.1. The minimum Gasteiger partial charge on any atom is -0.444 e. The number of amides is 2. The monoisotopic (exact) mass is 501 g/mol. The Balaban J connectivity index is 2.36. The van der Waals surface area contributed by atoms with Gasteiger partial charge in [0.1, 0.15) is 5.60 Å². The minimum absolute atomic E-state index is 0.169. The van der Waals surface area contributed by atoms with Crippen molar-refractivity contribution in [2.45, 2.75) is 104 Å². The summed E-state index contributed by atoms with van der Waals surface area (Å²) in [5, 5.41) is 2.72. The minimum atomic E-state index is -0.655. The topological polar surface area (TPSA) is 80.2 Å². The molecule has 1 atom stereocenters. The quantitative estimate of drug-likeness (QED) is 0.525. The number of alkyl carbamates (subject to hydrolysis) is 1. The maximum Gasteiger partial charge on any atom is 0.414 e. The molecular weight excluding hydrogens is 454 g/mol. The molecule has 0 saturated heterocycles. The molecule has 2 amide bonds. The zero-order valence-electron chi connectivity index (χ0n) is 23.5. The largest absolute Gasteiger partial charge is 0.444 e. The van der Waals surface area contributed by atoms with Gasteiger partial charge in [-0.15, -0.1) is 0 Å². The van der Waals surface area contributed by atoms with Crippen LogP contribution in [0.2, 0.25) is 0 Å². The van der Waals surface area contributed by atoms with Crippen LogP contribution in [0.25, 0.3) is 0 Å². The molecule has 202 valence electrons. The van der Waals surface area contributed by atoms with Gasteiger partial charge >= 0.3 is 6.09 Å². The summed E-state index contributed by atoms with van der Waals surface area (Å²) in [5.41, 5.74) is 2.22. The van der Waals surface area contributed by atoms with Crippen molar-refractivity contribution in [3.05, 3.63) is 34.9 Å². The van der Waals surface area contributed by atoms with Crippen molar-refractivity contribution < 1.29 is 19.1 Å². The van der Waals surface area contributed by atoms with Crippen LogP contribution in [0, 0.1) is 5.92 Å². The van der Waals surface area contributed by atoms with Crippen LogP contribution in [0.5, 0.6) is 0 Å². The van der Waals surface area contributed by atoms with Gasteiger partial charge < -0.3 is 9.47 Å². The first-order valence-electron chi connectivity index (χ1n) is 13.5. The van der Waals surface area contributed by atoms with Crippen LogP contribution in [-0.4, -0.2) is 55.3 Å². The van der Waals surface area contributed by atoms with Gasteiger partial charge in [0.2, 0.25) is 5.96 Å². The fraction of sp³-hybridized carbons (Fsp3) is 0.690. The van der Waals surface area contributed by atoms with Gasteiger partial charge in [-0.2, -0.15) is 0 Å². The lowest BCUT2D eigenvalue weighted by molar-refractivity contribution is 0.0556. The first-order chi connectivity index (χ1) is 17.0. The Morgan fingerprint density at radius 3 is 2.58 bits per heavy atom. The van der Waals surface area contributed by atoms with Gasteiger partial charge in [-0.25, -0.2) is 4.79 Å². The molecule has 1 aliphatic rings. The molecule has 0 saturated carbocycles. The number of aliphatic imine (C=N–C) groups is 1. The van der Waals surface area contributed by atoms with Crippen LogP contribution in [0.1, 0.15) is 101 Å². The number of fused-ring (bicyclic) bond motifs is 1. The Kier molecular flexibility index (Phi) is 11.9. The van der Waals surface area contributed by atoms with Crippen molar-refractivity contribution in [3.8, 4) is 0 Å². The number of rotatable bonds is 5. The zero-order chi connectivity index (χ0) is 26.7. The number of methoxy groups -OCH3 is 1. The molecule has 0 aliphatic carbocycles. The van der Waals surface area contributed by atoms with E-state index in [9.17, 15) is 9.59 Å². The molecule has 1 aromatic rings. The normalized spacial score (nSPS) is 18.3. The highest BCUT2D eigenvalue weighted by atomic mass is 16.6. The van der Waals surface area contributed by atoms with E-state index in [1.54, 1.807) is 34.9 Å². The summed E-state index contributed by atoms with van der Waals surface area (Å²) in [5.74, 6) is 0.692. The third kappa shape index (κ3) is 10.3. The van der Waals surface area contributed by atoms with Crippen LogP contribution < -0.4 is 5.32 Å². The molecule has 0 spiro atoms. The summed E-state index contributed by atoms with van der Waals surface area (Å²) in [6.07, 6.45) is 8.28. The van der Waals surface area contributed by atoms with Crippen LogP contribution in [0.3, 0.4) is 0 Å². The standard InChI is InChI=1S/C29H47N3O4/c1-21(2)12-10-13-22-17-18-23-14-8-9-15-24(35-7)16-11-19-30-27(31-28(34)36-29(3,4)5)32(6)26(33)25(23)20-22/h17-18,20-21,24H,8-16,19H2,1-7H3,(H,30,31,34). The van der Waals surface area contributed by atoms with Crippen LogP contribution in [0.15, 0.2) is 23.2 Å². The lowest BCUT2D eigenvalue weighted by Crippen LogP contribution is -2.47. The van der Waals surface area contributed by atoms with E-state index in [2.05, 4.69) is 36.3 Å². The fourth-order valence-corrected chi connectivity index (χ4v) is 4.38. The van der Waals surface area contributed by atoms with Crippen molar-refractivity contribution in [1.82, 2.24) is 10.2 Å². The molecule has 1 N–H and O–H groups in total. The van der Waals surface area contributed by atoms with E-state index < -0.39 is 11.7 Å². The molecule has 0 aromatic heterocycles. The van der Waals surface area contributed by atoms with Crippen LogP contribution >= 0.6 is 0 Å².